The van der Waals surface area contributed by atoms with E-state index in [0.717, 1.165) is 11.1 Å². The SMILES string of the molecule is Cc1cc(C#N)ccc1C#CCN=[N+]=[N-]. The molecule has 15 heavy (non-hydrogen) atoms. The fourth-order valence-electron chi connectivity index (χ4n) is 1.08. The van der Waals surface area contributed by atoms with Crippen molar-refractivity contribution >= 4 is 0 Å². The van der Waals surface area contributed by atoms with Gasteiger partial charge in [0.05, 0.1) is 18.2 Å². The molecule has 4 nitrogen and oxygen atoms in total. The molecule has 0 amide bonds. The van der Waals surface area contributed by atoms with Crippen LogP contribution in [0.4, 0.5) is 0 Å². The molecular formula is C11H8N4. The Balaban J connectivity index is 2.91. The van der Waals surface area contributed by atoms with E-state index in [4.69, 9.17) is 10.8 Å². The number of hydrogen-bond donors (Lipinski definition) is 0. The molecule has 72 valence electrons. The molecule has 0 spiro atoms. The lowest BCUT2D eigenvalue weighted by Gasteiger charge is -1.96. The standard InChI is InChI=1S/C11H8N4/c1-9-7-10(8-12)4-5-11(9)3-2-6-14-15-13/h4-5,7H,6H2,1H3. The van der Waals surface area contributed by atoms with Crippen LogP contribution in [-0.2, 0) is 0 Å². The van der Waals surface area contributed by atoms with Crippen molar-refractivity contribution in [3.05, 3.63) is 45.3 Å². The van der Waals surface area contributed by atoms with Crippen LogP contribution < -0.4 is 0 Å². The summed E-state index contributed by atoms with van der Waals surface area (Å²) in [4.78, 5) is 2.60. The van der Waals surface area contributed by atoms with Crippen LogP contribution in [-0.4, -0.2) is 6.54 Å². The molecule has 0 saturated heterocycles. The number of rotatable bonds is 1. The largest absolute Gasteiger partial charge is 0.192 e. The van der Waals surface area contributed by atoms with E-state index in [1.54, 1.807) is 18.2 Å². The van der Waals surface area contributed by atoms with E-state index in [1.165, 1.54) is 0 Å². The highest BCUT2D eigenvalue weighted by Crippen LogP contribution is 2.08. The minimum absolute atomic E-state index is 0.163. The van der Waals surface area contributed by atoms with Gasteiger partial charge in [0.2, 0.25) is 0 Å². The fourth-order valence-corrected chi connectivity index (χ4v) is 1.08. The first kappa shape index (κ1) is 10.7. The third-order valence-electron chi connectivity index (χ3n) is 1.79. The van der Waals surface area contributed by atoms with Crippen molar-refractivity contribution in [2.75, 3.05) is 6.54 Å². The van der Waals surface area contributed by atoms with Gasteiger partial charge in [-0.15, -0.1) is 0 Å². The molecule has 0 radical (unpaired) electrons. The average molecular weight is 196 g/mol. The van der Waals surface area contributed by atoms with Crippen molar-refractivity contribution < 1.29 is 0 Å². The lowest BCUT2D eigenvalue weighted by Crippen LogP contribution is -1.84. The third kappa shape index (κ3) is 3.08. The second-order valence-corrected chi connectivity index (χ2v) is 2.83. The Morgan fingerprint density at radius 2 is 2.33 bits per heavy atom. The highest BCUT2D eigenvalue weighted by Gasteiger charge is 1.95. The summed E-state index contributed by atoms with van der Waals surface area (Å²) >= 11 is 0. The van der Waals surface area contributed by atoms with Gasteiger partial charge < -0.3 is 0 Å². The van der Waals surface area contributed by atoms with E-state index in [2.05, 4.69) is 27.9 Å². The molecule has 0 aliphatic rings. The Morgan fingerprint density at radius 1 is 1.53 bits per heavy atom. The Labute approximate surface area is 87.8 Å². The van der Waals surface area contributed by atoms with E-state index in [0.29, 0.717) is 5.56 Å². The number of benzene rings is 1. The zero-order valence-electron chi connectivity index (χ0n) is 8.23. The summed E-state index contributed by atoms with van der Waals surface area (Å²) in [6.07, 6.45) is 0. The van der Waals surface area contributed by atoms with Crippen LogP contribution in [0.25, 0.3) is 10.4 Å². The molecule has 0 unspecified atom stereocenters. The van der Waals surface area contributed by atoms with Gasteiger partial charge >= 0.3 is 0 Å². The van der Waals surface area contributed by atoms with Crippen LogP contribution >= 0.6 is 0 Å². The van der Waals surface area contributed by atoms with Gasteiger partial charge in [0, 0.05) is 10.5 Å². The Bertz CT molecular complexity index is 508. The number of aryl methyl sites for hydroxylation is 1. The first-order valence-electron chi connectivity index (χ1n) is 4.28. The number of nitrogens with zero attached hydrogens (tertiary/aromatic N) is 4. The second-order valence-electron chi connectivity index (χ2n) is 2.83. The molecule has 0 aliphatic carbocycles. The van der Waals surface area contributed by atoms with Crippen LogP contribution in [0.1, 0.15) is 16.7 Å². The van der Waals surface area contributed by atoms with Crippen molar-refractivity contribution in [1.29, 1.82) is 5.26 Å². The molecule has 1 aromatic carbocycles. The molecule has 0 saturated carbocycles. The van der Waals surface area contributed by atoms with E-state index < -0.39 is 0 Å². The van der Waals surface area contributed by atoms with E-state index in [-0.39, 0.29) is 6.54 Å². The monoisotopic (exact) mass is 196 g/mol. The van der Waals surface area contributed by atoms with Crippen molar-refractivity contribution in [3.8, 4) is 17.9 Å². The van der Waals surface area contributed by atoms with Gasteiger partial charge in [0.1, 0.15) is 0 Å². The molecule has 0 N–H and O–H groups in total. The third-order valence-corrected chi connectivity index (χ3v) is 1.79. The summed E-state index contributed by atoms with van der Waals surface area (Å²) < 4.78 is 0. The van der Waals surface area contributed by atoms with E-state index >= 15 is 0 Å². The summed E-state index contributed by atoms with van der Waals surface area (Å²) in [5.74, 6) is 5.60. The lowest BCUT2D eigenvalue weighted by atomic mass is 10.1. The van der Waals surface area contributed by atoms with Gasteiger partial charge in [-0.1, -0.05) is 17.0 Å². The van der Waals surface area contributed by atoms with Crippen molar-refractivity contribution in [2.45, 2.75) is 6.92 Å². The Morgan fingerprint density at radius 3 is 2.93 bits per heavy atom. The summed E-state index contributed by atoms with van der Waals surface area (Å²) in [5, 5.41) is 12.0. The zero-order valence-corrected chi connectivity index (χ0v) is 8.23. The molecule has 1 aromatic rings. The molecule has 0 fully saturated rings. The number of hydrogen-bond acceptors (Lipinski definition) is 2. The molecule has 0 atom stereocenters. The molecule has 1 rings (SSSR count). The predicted octanol–water partition coefficient (Wildman–Crippen LogP) is 2.53. The molecular weight excluding hydrogens is 188 g/mol. The first-order chi connectivity index (χ1) is 7.27. The smallest absolute Gasteiger partial charge is 0.0991 e. The molecule has 0 aliphatic heterocycles. The van der Waals surface area contributed by atoms with Gasteiger partial charge in [0.15, 0.2) is 0 Å². The second kappa shape index (κ2) is 5.34. The number of nitriles is 1. The van der Waals surface area contributed by atoms with Crippen LogP contribution in [0.2, 0.25) is 0 Å². The zero-order chi connectivity index (χ0) is 11.1. The summed E-state index contributed by atoms with van der Waals surface area (Å²) in [5.41, 5.74) is 10.5. The minimum atomic E-state index is 0.163. The Hall–Kier alpha value is -2.42. The highest BCUT2D eigenvalue weighted by atomic mass is 15.1. The minimum Gasteiger partial charge on any atom is -0.192 e. The molecule has 4 heteroatoms. The maximum absolute atomic E-state index is 8.66. The topological polar surface area (TPSA) is 72.5 Å². The van der Waals surface area contributed by atoms with E-state index in [9.17, 15) is 0 Å². The van der Waals surface area contributed by atoms with Crippen molar-refractivity contribution in [3.63, 3.8) is 0 Å². The van der Waals surface area contributed by atoms with Crippen molar-refractivity contribution in [1.82, 2.24) is 0 Å². The summed E-state index contributed by atoms with van der Waals surface area (Å²) in [6, 6.07) is 7.33. The van der Waals surface area contributed by atoms with Crippen LogP contribution in [0.3, 0.4) is 0 Å². The van der Waals surface area contributed by atoms with E-state index in [1.807, 2.05) is 6.92 Å². The number of azide groups is 1. The quantitative estimate of drug-likeness (QED) is 0.294. The highest BCUT2D eigenvalue weighted by molar-refractivity contribution is 5.45. The molecule has 0 bridgehead atoms. The molecule has 0 heterocycles. The Kier molecular flexibility index (Phi) is 3.79. The van der Waals surface area contributed by atoms with Crippen LogP contribution in [0.15, 0.2) is 23.3 Å². The van der Waals surface area contributed by atoms with Crippen LogP contribution in [0, 0.1) is 30.1 Å². The first-order valence-corrected chi connectivity index (χ1v) is 4.28. The van der Waals surface area contributed by atoms with Gasteiger partial charge in [-0.3, -0.25) is 0 Å². The predicted molar refractivity (Wildman–Crippen MR) is 56.8 cm³/mol. The average Bonchev–Trinajstić information content (AvgIpc) is 2.26. The normalized spacial score (nSPS) is 8.00. The maximum atomic E-state index is 8.66. The fraction of sp³-hybridized carbons (Fsp3) is 0.182. The molecule has 0 aromatic heterocycles. The van der Waals surface area contributed by atoms with Gasteiger partial charge in [-0.2, -0.15) is 5.26 Å². The van der Waals surface area contributed by atoms with Crippen molar-refractivity contribution in [2.24, 2.45) is 5.11 Å². The van der Waals surface area contributed by atoms with Gasteiger partial charge in [0.25, 0.3) is 0 Å². The van der Waals surface area contributed by atoms with Gasteiger partial charge in [-0.25, -0.2) is 0 Å². The summed E-state index contributed by atoms with van der Waals surface area (Å²) in [7, 11) is 0. The van der Waals surface area contributed by atoms with Gasteiger partial charge in [-0.05, 0) is 36.2 Å². The lowest BCUT2D eigenvalue weighted by molar-refractivity contribution is 1.25. The van der Waals surface area contributed by atoms with Crippen LogP contribution in [0.5, 0.6) is 0 Å². The maximum Gasteiger partial charge on any atom is 0.0991 e. The summed E-state index contributed by atoms with van der Waals surface area (Å²) in [6.45, 7) is 2.05.